The van der Waals surface area contributed by atoms with Crippen molar-refractivity contribution in [1.82, 2.24) is 19.5 Å². The first kappa shape index (κ1) is 24.5. The Morgan fingerprint density at radius 2 is 2.22 bits per heavy atom. The topological polar surface area (TPSA) is 179 Å². The van der Waals surface area contributed by atoms with Crippen LogP contribution in [0.25, 0.3) is 11.2 Å². The number of H-pyrrole nitrogens is 1. The smallest absolute Gasteiger partial charge is 0.424 e. The molecule has 16 heteroatoms. The van der Waals surface area contributed by atoms with Gasteiger partial charge < -0.3 is 19.9 Å². The molecule has 3 aliphatic heterocycles. The Hall–Kier alpha value is -2.81. The maximum absolute atomic E-state index is 13.3. The van der Waals surface area contributed by atoms with Crippen molar-refractivity contribution < 1.29 is 37.1 Å². The Bertz CT molecular complexity index is 1500. The van der Waals surface area contributed by atoms with Crippen LogP contribution in [-0.2, 0) is 32.3 Å². The number of anilines is 1. The number of hydrogen-bond donors (Lipinski definition) is 2. The van der Waals surface area contributed by atoms with Gasteiger partial charge in [-0.2, -0.15) is 4.98 Å². The summed E-state index contributed by atoms with van der Waals surface area (Å²) in [5.74, 6) is -0.0977. The number of halogens is 1. The van der Waals surface area contributed by atoms with Crippen molar-refractivity contribution in [1.29, 1.82) is 0 Å². The van der Waals surface area contributed by atoms with Gasteiger partial charge in [0.15, 0.2) is 29.1 Å². The van der Waals surface area contributed by atoms with Crippen molar-refractivity contribution >= 4 is 47.0 Å². The van der Waals surface area contributed by atoms with Crippen LogP contribution in [0.5, 0.6) is 0 Å². The lowest BCUT2D eigenvalue weighted by molar-refractivity contribution is -0.0924. The van der Waals surface area contributed by atoms with Crippen molar-refractivity contribution in [3.05, 3.63) is 51.0 Å². The predicted octanol–water partition coefficient (Wildman–Crippen LogP) is 2.96. The number of carbonyl (C=O) groups is 1. The van der Waals surface area contributed by atoms with E-state index in [1.54, 1.807) is 6.92 Å². The summed E-state index contributed by atoms with van der Waals surface area (Å²) >= 11 is 3.42. The molecule has 1 aromatic carbocycles. The van der Waals surface area contributed by atoms with Crippen LogP contribution in [0.3, 0.4) is 0 Å². The molecule has 3 aliphatic rings. The van der Waals surface area contributed by atoms with Crippen LogP contribution >= 0.6 is 23.8 Å². The van der Waals surface area contributed by atoms with Gasteiger partial charge in [0.25, 0.3) is 5.56 Å². The number of aromatic nitrogens is 4. The number of phosphoric acid groups is 1. The number of fused-ring (bicyclic) bond motifs is 2. The normalized spacial score (nSPS) is 33.3. The van der Waals surface area contributed by atoms with Gasteiger partial charge >= 0.3 is 14.0 Å². The first-order chi connectivity index (χ1) is 17.6. The number of aromatic amines is 1. The van der Waals surface area contributed by atoms with Gasteiger partial charge in [0, 0.05) is 10.9 Å². The lowest BCUT2D eigenvalue weighted by Crippen LogP contribution is -2.42. The van der Waals surface area contributed by atoms with Crippen LogP contribution in [0.15, 0.2) is 39.9 Å². The average molecular weight is 598 g/mol. The second-order valence-corrected chi connectivity index (χ2v) is 11.4. The molecule has 196 valence electrons. The molecule has 6 atom stereocenters. The Kier molecular flexibility index (Phi) is 5.89. The summed E-state index contributed by atoms with van der Waals surface area (Å²) in [6.45, 7) is 1.43. The van der Waals surface area contributed by atoms with Gasteiger partial charge in [0.1, 0.15) is 12.4 Å². The third kappa shape index (κ3) is 4.25. The van der Waals surface area contributed by atoms with E-state index in [0.29, 0.717) is 6.42 Å². The molecule has 37 heavy (non-hydrogen) atoms. The number of nitrogens with two attached hydrogens (primary N) is 1. The number of imidazole rings is 1. The minimum Gasteiger partial charge on any atom is -0.424 e. The number of carbonyl (C=O) groups excluding carboxylic acids is 1. The first-order valence-electron chi connectivity index (χ1n) is 11.3. The van der Waals surface area contributed by atoms with Gasteiger partial charge in [0.05, 0.1) is 19.3 Å². The van der Waals surface area contributed by atoms with Crippen LogP contribution in [0.4, 0.5) is 10.7 Å². The zero-order valence-electron chi connectivity index (χ0n) is 19.2. The van der Waals surface area contributed by atoms with E-state index < -0.39 is 49.7 Å². The van der Waals surface area contributed by atoms with Gasteiger partial charge in [-0.1, -0.05) is 28.1 Å². The minimum atomic E-state index is -3.98. The lowest BCUT2D eigenvalue weighted by Gasteiger charge is -2.30. The highest BCUT2D eigenvalue weighted by Gasteiger charge is 2.64. The first-order valence-corrected chi connectivity index (χ1v) is 13.5. The molecule has 0 radical (unpaired) electrons. The van der Waals surface area contributed by atoms with Gasteiger partial charge in [-0.05, 0) is 24.6 Å². The fourth-order valence-corrected chi connectivity index (χ4v) is 6.59. The van der Waals surface area contributed by atoms with Crippen molar-refractivity contribution in [2.24, 2.45) is 0 Å². The summed E-state index contributed by atoms with van der Waals surface area (Å²) in [6, 6.07) is 7.44. The summed E-state index contributed by atoms with van der Waals surface area (Å²) in [5.41, 5.74) is 4.65. The van der Waals surface area contributed by atoms with Crippen LogP contribution < -0.4 is 11.3 Å². The summed E-state index contributed by atoms with van der Waals surface area (Å²) in [6.07, 6.45) is -2.55. The number of ether oxygens (including phenoxy) is 3. The third-order valence-corrected chi connectivity index (χ3v) is 8.41. The Morgan fingerprint density at radius 1 is 1.38 bits per heavy atom. The number of nitrogen functional groups attached to an aromatic ring is 1. The summed E-state index contributed by atoms with van der Waals surface area (Å²) < 4.78 is 49.2. The van der Waals surface area contributed by atoms with Crippen molar-refractivity contribution in [2.45, 2.75) is 43.5 Å². The molecule has 0 amide bonds. The van der Waals surface area contributed by atoms with E-state index in [-0.39, 0.29) is 30.3 Å². The predicted molar refractivity (Wildman–Crippen MR) is 128 cm³/mol. The number of nitrogens with one attached hydrogen (secondary N) is 1. The van der Waals surface area contributed by atoms with E-state index in [1.165, 1.54) is 10.9 Å². The molecule has 3 saturated heterocycles. The standard InChI is InChI=1S/C21H21BrN5O9P/c1-21-15(34-20(29)35-21)13(33-18(21)27-9-24-16-14(27)17(28)26-19(23)25-16)8-32-37(30)31-6-5-12(36-37)10-3-2-4-11(22)7-10/h2-4,7,9,12-13,15,18H,5-6,8H2,1H3,(H3,23,25,26,28)/t12-,13-,15-,18-,21-,37+/m1/s1. The quantitative estimate of drug-likeness (QED) is 0.325. The van der Waals surface area contributed by atoms with E-state index in [4.69, 9.17) is 33.5 Å². The molecule has 0 saturated carbocycles. The highest BCUT2D eigenvalue weighted by Crippen LogP contribution is 2.58. The van der Waals surface area contributed by atoms with Crippen molar-refractivity contribution in [3.63, 3.8) is 0 Å². The van der Waals surface area contributed by atoms with E-state index in [2.05, 4.69) is 30.9 Å². The van der Waals surface area contributed by atoms with E-state index in [0.717, 1.165) is 10.0 Å². The molecule has 0 aliphatic carbocycles. The highest BCUT2D eigenvalue weighted by molar-refractivity contribution is 9.10. The largest absolute Gasteiger partial charge is 0.509 e. The number of benzene rings is 1. The molecule has 5 heterocycles. The van der Waals surface area contributed by atoms with Gasteiger partial charge in [-0.3, -0.25) is 27.9 Å². The molecule has 3 N–H and O–H groups in total. The molecule has 6 rings (SSSR count). The molecule has 0 bridgehead atoms. The molecular weight excluding hydrogens is 577 g/mol. The van der Waals surface area contributed by atoms with E-state index >= 15 is 0 Å². The average Bonchev–Trinajstić information content (AvgIpc) is 3.47. The highest BCUT2D eigenvalue weighted by atomic mass is 79.9. The van der Waals surface area contributed by atoms with Gasteiger partial charge in [-0.15, -0.1) is 0 Å². The Labute approximate surface area is 217 Å². The molecule has 3 fully saturated rings. The van der Waals surface area contributed by atoms with Crippen molar-refractivity contribution in [3.8, 4) is 0 Å². The summed E-state index contributed by atoms with van der Waals surface area (Å²) in [5, 5.41) is 0. The zero-order valence-corrected chi connectivity index (χ0v) is 21.7. The Balaban J connectivity index is 1.24. The monoisotopic (exact) mass is 597 g/mol. The number of rotatable bonds is 5. The third-order valence-electron chi connectivity index (χ3n) is 6.44. The maximum atomic E-state index is 13.3. The fourth-order valence-electron chi connectivity index (χ4n) is 4.78. The number of hydrogen-bond acceptors (Lipinski definition) is 12. The minimum absolute atomic E-state index is 0.0623. The molecule has 0 unspecified atom stereocenters. The second kappa shape index (κ2) is 8.89. The van der Waals surface area contributed by atoms with Crippen LogP contribution in [0.1, 0.15) is 31.2 Å². The van der Waals surface area contributed by atoms with Gasteiger partial charge in [-0.25, -0.2) is 14.3 Å². The van der Waals surface area contributed by atoms with Crippen LogP contribution in [0.2, 0.25) is 0 Å². The van der Waals surface area contributed by atoms with Crippen molar-refractivity contribution in [2.75, 3.05) is 18.9 Å². The molecular formula is C21H21BrN5O9P. The fraction of sp³-hybridized carbons (Fsp3) is 0.429. The molecule has 3 aromatic rings. The van der Waals surface area contributed by atoms with Crippen LogP contribution in [0, 0.1) is 0 Å². The number of phosphoric ester groups is 1. The van der Waals surface area contributed by atoms with Gasteiger partial charge in [0.2, 0.25) is 5.95 Å². The lowest BCUT2D eigenvalue weighted by atomic mass is 9.96. The summed E-state index contributed by atoms with van der Waals surface area (Å²) in [7, 11) is -3.98. The Morgan fingerprint density at radius 3 is 3.03 bits per heavy atom. The zero-order chi connectivity index (χ0) is 25.9. The second-order valence-electron chi connectivity index (χ2n) is 8.89. The van der Waals surface area contributed by atoms with Crippen LogP contribution in [-0.4, -0.2) is 56.7 Å². The molecule has 0 spiro atoms. The summed E-state index contributed by atoms with van der Waals surface area (Å²) in [4.78, 5) is 35.3. The molecule has 14 nitrogen and oxygen atoms in total. The van der Waals surface area contributed by atoms with E-state index in [9.17, 15) is 14.2 Å². The maximum Gasteiger partial charge on any atom is 0.509 e. The number of nitrogens with zero attached hydrogens (tertiary/aromatic N) is 3. The SMILES string of the molecule is C[C@@]12OC(=O)O[C@@H]1[C@@H](CO[P@]1(=O)OCC[C@H](c3cccc(Br)c3)O1)O[C@H]2n1cnc2nc(N)[nH]c(=O)c21. The van der Waals surface area contributed by atoms with E-state index in [1.807, 2.05) is 24.3 Å². The molecule has 2 aromatic heterocycles.